The van der Waals surface area contributed by atoms with Crippen molar-refractivity contribution in [3.63, 3.8) is 0 Å². The maximum atomic E-state index is 4.91. The van der Waals surface area contributed by atoms with Crippen molar-refractivity contribution in [1.82, 2.24) is 4.90 Å². The SMILES string of the molecule is c1ccc(CC2CN3Cc4ccccc4SC3=N2)cc1. The molecule has 0 radical (unpaired) electrons. The third kappa shape index (κ3) is 2.22. The molecule has 2 aromatic rings. The lowest BCUT2D eigenvalue weighted by atomic mass is 10.1. The third-order valence-electron chi connectivity index (χ3n) is 3.84. The molecule has 2 aliphatic heterocycles. The Morgan fingerprint density at radius 1 is 1.05 bits per heavy atom. The van der Waals surface area contributed by atoms with Crippen LogP contribution in [0.5, 0.6) is 0 Å². The number of amidine groups is 1. The van der Waals surface area contributed by atoms with Gasteiger partial charge in [0.05, 0.1) is 6.04 Å². The molecule has 4 rings (SSSR count). The first-order valence-corrected chi connectivity index (χ1v) is 7.82. The van der Waals surface area contributed by atoms with E-state index in [-0.39, 0.29) is 0 Å². The summed E-state index contributed by atoms with van der Waals surface area (Å²) in [5.41, 5.74) is 2.81. The fraction of sp³-hybridized carbons (Fsp3) is 0.235. The van der Waals surface area contributed by atoms with E-state index in [2.05, 4.69) is 59.5 Å². The van der Waals surface area contributed by atoms with Gasteiger partial charge in [0.2, 0.25) is 0 Å². The van der Waals surface area contributed by atoms with Crippen LogP contribution in [0.15, 0.2) is 64.5 Å². The molecule has 3 heteroatoms. The number of hydrogen-bond donors (Lipinski definition) is 0. The Morgan fingerprint density at radius 2 is 1.85 bits per heavy atom. The van der Waals surface area contributed by atoms with E-state index < -0.39 is 0 Å². The molecule has 0 aliphatic carbocycles. The predicted octanol–water partition coefficient (Wildman–Crippen LogP) is 3.58. The summed E-state index contributed by atoms with van der Waals surface area (Å²) in [5, 5.41) is 1.20. The molecule has 2 heterocycles. The predicted molar refractivity (Wildman–Crippen MR) is 84.1 cm³/mol. The Balaban J connectivity index is 1.53. The fourth-order valence-corrected chi connectivity index (χ4v) is 3.95. The van der Waals surface area contributed by atoms with Gasteiger partial charge in [-0.2, -0.15) is 0 Å². The van der Waals surface area contributed by atoms with Crippen LogP contribution in [0.4, 0.5) is 0 Å². The quantitative estimate of drug-likeness (QED) is 0.835. The van der Waals surface area contributed by atoms with Crippen molar-refractivity contribution in [2.45, 2.75) is 23.9 Å². The van der Waals surface area contributed by atoms with Crippen molar-refractivity contribution in [3.05, 3.63) is 65.7 Å². The van der Waals surface area contributed by atoms with Crippen LogP contribution in [0.25, 0.3) is 0 Å². The van der Waals surface area contributed by atoms with Crippen molar-refractivity contribution in [1.29, 1.82) is 0 Å². The van der Waals surface area contributed by atoms with Crippen LogP contribution in [0, 0.1) is 0 Å². The Labute approximate surface area is 123 Å². The van der Waals surface area contributed by atoms with Crippen molar-refractivity contribution < 1.29 is 0 Å². The molecular weight excluding hydrogens is 264 g/mol. The molecule has 1 atom stereocenters. The second kappa shape index (κ2) is 4.98. The van der Waals surface area contributed by atoms with Gasteiger partial charge >= 0.3 is 0 Å². The van der Waals surface area contributed by atoms with Crippen molar-refractivity contribution in [2.24, 2.45) is 4.99 Å². The number of hydrogen-bond acceptors (Lipinski definition) is 3. The van der Waals surface area contributed by atoms with Crippen LogP contribution in [0.3, 0.4) is 0 Å². The summed E-state index contributed by atoms with van der Waals surface area (Å²) in [5.74, 6) is 0. The molecule has 100 valence electrons. The van der Waals surface area contributed by atoms with Gasteiger partial charge in [-0.15, -0.1) is 0 Å². The molecule has 20 heavy (non-hydrogen) atoms. The fourth-order valence-electron chi connectivity index (χ4n) is 2.87. The summed E-state index contributed by atoms with van der Waals surface area (Å²) in [6.45, 7) is 2.05. The molecule has 2 aliphatic rings. The molecule has 2 aromatic carbocycles. The van der Waals surface area contributed by atoms with Crippen LogP contribution in [0.2, 0.25) is 0 Å². The average molecular weight is 280 g/mol. The molecule has 0 spiro atoms. The van der Waals surface area contributed by atoms with E-state index in [4.69, 9.17) is 4.99 Å². The lowest BCUT2D eigenvalue weighted by Crippen LogP contribution is -2.30. The molecule has 0 saturated carbocycles. The van der Waals surface area contributed by atoms with E-state index in [0.717, 1.165) is 19.5 Å². The van der Waals surface area contributed by atoms with E-state index in [9.17, 15) is 0 Å². The lowest BCUT2D eigenvalue weighted by Gasteiger charge is -2.26. The number of thioether (sulfide) groups is 1. The number of nitrogens with zero attached hydrogens (tertiary/aromatic N) is 2. The van der Waals surface area contributed by atoms with Gasteiger partial charge in [0.1, 0.15) is 0 Å². The zero-order valence-electron chi connectivity index (χ0n) is 11.2. The summed E-state index contributed by atoms with van der Waals surface area (Å²) in [6, 6.07) is 19.7. The highest BCUT2D eigenvalue weighted by atomic mass is 32.2. The summed E-state index contributed by atoms with van der Waals surface area (Å²) in [6.07, 6.45) is 1.04. The molecule has 0 amide bonds. The van der Waals surface area contributed by atoms with Gasteiger partial charge < -0.3 is 4.90 Å². The lowest BCUT2D eigenvalue weighted by molar-refractivity contribution is 0.416. The second-order valence-corrected chi connectivity index (χ2v) is 6.35. The summed E-state index contributed by atoms with van der Waals surface area (Å²) < 4.78 is 0. The number of rotatable bonds is 2. The zero-order valence-corrected chi connectivity index (χ0v) is 12.0. The average Bonchev–Trinajstić information content (AvgIpc) is 2.86. The van der Waals surface area contributed by atoms with E-state index in [0.29, 0.717) is 6.04 Å². The van der Waals surface area contributed by atoms with Gasteiger partial charge in [-0.1, -0.05) is 60.3 Å². The molecule has 2 nitrogen and oxygen atoms in total. The molecule has 0 fully saturated rings. The highest BCUT2D eigenvalue weighted by molar-refractivity contribution is 8.14. The monoisotopic (exact) mass is 280 g/mol. The summed E-state index contributed by atoms with van der Waals surface area (Å²) in [4.78, 5) is 8.69. The van der Waals surface area contributed by atoms with E-state index in [1.54, 1.807) is 0 Å². The minimum atomic E-state index is 0.397. The third-order valence-corrected chi connectivity index (χ3v) is 5.01. The van der Waals surface area contributed by atoms with Gasteiger partial charge in [-0.25, -0.2) is 0 Å². The standard InChI is InChI=1S/C17H16N2S/c1-2-6-13(7-3-1)10-15-12-19-11-14-8-4-5-9-16(14)20-17(19)18-15/h1-9,15H,10-12H2. The first-order valence-electron chi connectivity index (χ1n) is 7.01. The highest BCUT2D eigenvalue weighted by Crippen LogP contribution is 2.35. The van der Waals surface area contributed by atoms with Crippen LogP contribution in [-0.4, -0.2) is 22.7 Å². The first-order chi connectivity index (χ1) is 9.88. The van der Waals surface area contributed by atoms with Crippen molar-refractivity contribution in [2.75, 3.05) is 6.54 Å². The van der Waals surface area contributed by atoms with Crippen LogP contribution >= 0.6 is 11.8 Å². The van der Waals surface area contributed by atoms with Gasteiger partial charge in [0.15, 0.2) is 5.17 Å². The normalized spacial score (nSPS) is 20.3. The zero-order chi connectivity index (χ0) is 13.4. The molecular formula is C17H16N2S. The van der Waals surface area contributed by atoms with E-state index in [1.807, 2.05) is 11.8 Å². The highest BCUT2D eigenvalue weighted by Gasteiger charge is 2.30. The van der Waals surface area contributed by atoms with Crippen molar-refractivity contribution >= 4 is 16.9 Å². The van der Waals surface area contributed by atoms with Gasteiger partial charge in [-0.3, -0.25) is 4.99 Å². The number of aliphatic imine (C=N–C) groups is 1. The Morgan fingerprint density at radius 3 is 2.75 bits per heavy atom. The summed E-state index contributed by atoms with van der Waals surface area (Å²) >= 11 is 1.82. The topological polar surface area (TPSA) is 15.6 Å². The van der Waals surface area contributed by atoms with Gasteiger partial charge in [-0.05, 0) is 23.6 Å². The molecule has 0 aromatic heterocycles. The number of fused-ring (bicyclic) bond motifs is 2. The Bertz CT molecular complexity index is 651. The van der Waals surface area contributed by atoms with Crippen molar-refractivity contribution in [3.8, 4) is 0 Å². The van der Waals surface area contributed by atoms with Gasteiger partial charge in [0, 0.05) is 18.0 Å². The molecule has 0 N–H and O–H groups in total. The van der Waals surface area contributed by atoms with E-state index >= 15 is 0 Å². The molecule has 0 bridgehead atoms. The minimum absolute atomic E-state index is 0.397. The minimum Gasteiger partial charge on any atom is -0.345 e. The van der Waals surface area contributed by atoms with Crippen LogP contribution in [0.1, 0.15) is 11.1 Å². The van der Waals surface area contributed by atoms with Crippen LogP contribution in [-0.2, 0) is 13.0 Å². The largest absolute Gasteiger partial charge is 0.345 e. The molecule has 0 saturated heterocycles. The smallest absolute Gasteiger partial charge is 0.164 e. The van der Waals surface area contributed by atoms with E-state index in [1.165, 1.54) is 21.2 Å². The maximum Gasteiger partial charge on any atom is 0.164 e. The number of benzene rings is 2. The first kappa shape index (κ1) is 12.0. The second-order valence-electron chi connectivity index (χ2n) is 5.35. The molecule has 1 unspecified atom stereocenters. The Hall–Kier alpha value is -1.74. The summed E-state index contributed by atoms with van der Waals surface area (Å²) in [7, 11) is 0. The maximum absolute atomic E-state index is 4.91. The Kier molecular flexibility index (Phi) is 3.00. The van der Waals surface area contributed by atoms with Crippen LogP contribution < -0.4 is 0 Å². The van der Waals surface area contributed by atoms with Gasteiger partial charge in [0.25, 0.3) is 0 Å².